The Morgan fingerprint density at radius 3 is 2.19 bits per heavy atom. The van der Waals surface area contributed by atoms with E-state index in [-0.39, 0.29) is 58.0 Å². The molecule has 21 heavy (non-hydrogen) atoms. The largest absolute Gasteiger partial charge is 1.00 e. The molecule has 0 saturated carbocycles. The van der Waals surface area contributed by atoms with Gasteiger partial charge in [-0.25, -0.2) is 4.39 Å². The molecule has 1 nitrogen and oxygen atoms in total. The van der Waals surface area contributed by atoms with Crippen molar-refractivity contribution in [2.75, 3.05) is 0 Å². The van der Waals surface area contributed by atoms with Gasteiger partial charge >= 0.3 is 58.4 Å². The van der Waals surface area contributed by atoms with Crippen molar-refractivity contribution in [1.82, 2.24) is 0 Å². The summed E-state index contributed by atoms with van der Waals surface area (Å²) in [5.74, 6) is -1.25. The molecule has 0 N–H and O–H groups in total. The van der Waals surface area contributed by atoms with Crippen LogP contribution in [0.3, 0.4) is 0 Å². The molecule has 0 aliphatic heterocycles. The molecule has 2 aromatic rings. The Bertz CT molecular complexity index is 604. The summed E-state index contributed by atoms with van der Waals surface area (Å²) >= 11 is 5.70. The van der Waals surface area contributed by atoms with Gasteiger partial charge in [-0.1, -0.05) is 29.8 Å². The predicted octanol–water partition coefficient (Wildman–Crippen LogP) is 1.12. The van der Waals surface area contributed by atoms with E-state index in [2.05, 4.69) is 0 Å². The molecule has 2 rings (SSSR count). The summed E-state index contributed by atoms with van der Waals surface area (Å²) in [6.07, 6.45) is 0. The van der Waals surface area contributed by atoms with E-state index in [9.17, 15) is 17.3 Å². The molecule has 0 heterocycles. The SMILES string of the molecule is Fc1ccc([B-](F)(F)F)cc1OCc1ccc(Cl)cc1.[K+]. The van der Waals surface area contributed by atoms with Gasteiger partial charge in [0.25, 0.3) is 0 Å². The Kier molecular flexibility index (Phi) is 7.23. The van der Waals surface area contributed by atoms with Crippen molar-refractivity contribution in [3.63, 3.8) is 0 Å². The third-order valence-electron chi connectivity index (χ3n) is 2.64. The van der Waals surface area contributed by atoms with Gasteiger partial charge in [0.15, 0.2) is 11.6 Å². The van der Waals surface area contributed by atoms with Crippen LogP contribution in [0.15, 0.2) is 42.5 Å². The zero-order chi connectivity index (χ0) is 14.8. The molecule has 0 spiro atoms. The van der Waals surface area contributed by atoms with Crippen LogP contribution in [0.4, 0.5) is 17.3 Å². The van der Waals surface area contributed by atoms with Gasteiger partial charge < -0.3 is 17.7 Å². The number of rotatable bonds is 4. The molecule has 0 saturated heterocycles. The van der Waals surface area contributed by atoms with E-state index in [0.29, 0.717) is 22.7 Å². The molecule has 0 aliphatic rings. The van der Waals surface area contributed by atoms with Gasteiger partial charge in [-0.05, 0) is 29.8 Å². The van der Waals surface area contributed by atoms with Crippen molar-refractivity contribution in [1.29, 1.82) is 0 Å². The molecule has 0 aliphatic carbocycles. The predicted molar refractivity (Wildman–Crippen MR) is 70.9 cm³/mol. The maximum atomic E-state index is 13.4. The van der Waals surface area contributed by atoms with E-state index < -0.39 is 24.0 Å². The van der Waals surface area contributed by atoms with E-state index in [1.54, 1.807) is 24.3 Å². The molecule has 0 fully saturated rings. The fraction of sp³-hybridized carbons (Fsp3) is 0.0769. The van der Waals surface area contributed by atoms with Gasteiger partial charge in [-0.3, -0.25) is 0 Å². The molecule has 106 valence electrons. The number of halogens is 5. The maximum absolute atomic E-state index is 13.4. The summed E-state index contributed by atoms with van der Waals surface area (Å²) in [5, 5.41) is 0.529. The van der Waals surface area contributed by atoms with Crippen LogP contribution in [-0.2, 0) is 6.61 Å². The van der Waals surface area contributed by atoms with Crippen LogP contribution in [0.2, 0.25) is 5.02 Å². The zero-order valence-corrected chi connectivity index (χ0v) is 15.0. The molecule has 0 bridgehead atoms. The van der Waals surface area contributed by atoms with E-state index in [0.717, 1.165) is 6.07 Å². The molecular formula is C13H9BClF4KO. The van der Waals surface area contributed by atoms with Crippen LogP contribution in [0, 0.1) is 5.82 Å². The fourth-order valence-electron chi connectivity index (χ4n) is 1.58. The molecular weight excluding hydrogens is 333 g/mol. The van der Waals surface area contributed by atoms with Crippen molar-refractivity contribution in [2.24, 2.45) is 0 Å². The van der Waals surface area contributed by atoms with Crippen LogP contribution in [0.5, 0.6) is 5.75 Å². The smallest absolute Gasteiger partial charge is 0.486 e. The average molecular weight is 343 g/mol. The fourth-order valence-corrected chi connectivity index (χ4v) is 1.70. The summed E-state index contributed by atoms with van der Waals surface area (Å²) < 4.78 is 56.2. The van der Waals surface area contributed by atoms with E-state index in [1.807, 2.05) is 0 Å². The van der Waals surface area contributed by atoms with E-state index in [4.69, 9.17) is 16.3 Å². The molecule has 0 amide bonds. The molecule has 0 radical (unpaired) electrons. The topological polar surface area (TPSA) is 9.23 Å². The van der Waals surface area contributed by atoms with Crippen molar-refractivity contribution in [3.8, 4) is 5.75 Å². The van der Waals surface area contributed by atoms with Crippen LogP contribution in [0.25, 0.3) is 0 Å². The molecule has 2 aromatic carbocycles. The maximum Gasteiger partial charge on any atom is 1.00 e. The minimum absolute atomic E-state index is 0. The van der Waals surface area contributed by atoms with Gasteiger partial charge in [0.1, 0.15) is 6.61 Å². The first-order valence-corrected chi connectivity index (χ1v) is 6.11. The second kappa shape index (κ2) is 7.99. The third kappa shape index (κ3) is 5.58. The van der Waals surface area contributed by atoms with Gasteiger partial charge in [-0.2, -0.15) is 0 Å². The second-order valence-corrected chi connectivity index (χ2v) is 4.62. The average Bonchev–Trinajstić information content (AvgIpc) is 2.38. The summed E-state index contributed by atoms with van der Waals surface area (Å²) in [6.45, 7) is -5.22. The van der Waals surface area contributed by atoms with Gasteiger partial charge in [-0.15, -0.1) is 5.46 Å². The molecule has 0 unspecified atom stereocenters. The zero-order valence-electron chi connectivity index (χ0n) is 11.1. The minimum atomic E-state index is -5.18. The number of benzene rings is 2. The van der Waals surface area contributed by atoms with Crippen LogP contribution in [0.1, 0.15) is 5.56 Å². The van der Waals surface area contributed by atoms with Crippen LogP contribution in [-0.4, -0.2) is 6.98 Å². The Labute approximate surface area is 167 Å². The first kappa shape index (κ1) is 19.0. The summed E-state index contributed by atoms with van der Waals surface area (Å²) in [5.41, 5.74) is -0.214. The second-order valence-electron chi connectivity index (χ2n) is 4.18. The summed E-state index contributed by atoms with van der Waals surface area (Å²) in [7, 11) is 0. The summed E-state index contributed by atoms with van der Waals surface area (Å²) in [6, 6.07) is 8.66. The Morgan fingerprint density at radius 2 is 1.62 bits per heavy atom. The normalized spacial score (nSPS) is 10.9. The van der Waals surface area contributed by atoms with Crippen LogP contribution >= 0.6 is 11.6 Å². The third-order valence-corrected chi connectivity index (χ3v) is 2.89. The molecule has 8 heteroatoms. The van der Waals surface area contributed by atoms with Crippen molar-refractivity contribution in [3.05, 3.63) is 58.9 Å². The quantitative estimate of drug-likeness (QED) is 0.598. The van der Waals surface area contributed by atoms with Gasteiger partial charge in [0.05, 0.1) is 0 Å². The number of ether oxygens (including phenoxy) is 1. The first-order valence-electron chi connectivity index (χ1n) is 5.73. The number of hydrogen-bond donors (Lipinski definition) is 0. The van der Waals surface area contributed by atoms with Crippen molar-refractivity contribution >= 4 is 24.0 Å². The van der Waals surface area contributed by atoms with Crippen molar-refractivity contribution < 1.29 is 73.5 Å². The first-order chi connectivity index (χ1) is 9.36. The van der Waals surface area contributed by atoms with E-state index in [1.165, 1.54) is 0 Å². The Hall–Kier alpha value is -0.0487. The molecule has 0 aromatic heterocycles. The molecule has 0 atom stereocenters. The Morgan fingerprint density at radius 1 is 1.00 bits per heavy atom. The summed E-state index contributed by atoms with van der Waals surface area (Å²) in [4.78, 5) is 0. The van der Waals surface area contributed by atoms with Gasteiger partial charge in [0, 0.05) is 5.02 Å². The van der Waals surface area contributed by atoms with Crippen LogP contribution < -0.4 is 61.6 Å². The standard InChI is InChI=1S/C13H9BClF4O.K/c15-11-4-1-9(2-5-11)8-20-13-7-10(14(17,18)19)3-6-12(13)16;/h1-7H,8H2;/q-1;+1. The monoisotopic (exact) mass is 342 g/mol. The van der Waals surface area contributed by atoms with E-state index >= 15 is 0 Å². The van der Waals surface area contributed by atoms with Gasteiger partial charge in [0.2, 0.25) is 0 Å². The Balaban J connectivity index is 0.00000220. The minimum Gasteiger partial charge on any atom is -0.486 e. The van der Waals surface area contributed by atoms with Crippen molar-refractivity contribution in [2.45, 2.75) is 6.61 Å². The number of hydrogen-bond acceptors (Lipinski definition) is 1.